The van der Waals surface area contributed by atoms with Crippen LogP contribution in [0.1, 0.15) is 19.8 Å². The highest BCUT2D eigenvalue weighted by Crippen LogP contribution is 2.22. The molecule has 0 radical (unpaired) electrons. The lowest BCUT2D eigenvalue weighted by molar-refractivity contribution is -0.130. The number of carbonyl (C=O) groups is 1. The Balaban J connectivity index is 1.83. The van der Waals surface area contributed by atoms with E-state index in [4.69, 9.17) is 5.73 Å². The molecule has 1 amide bonds. The number of hydrogen-bond donors (Lipinski definition) is 1. The van der Waals surface area contributed by atoms with Crippen LogP contribution in [0.4, 0.5) is 0 Å². The van der Waals surface area contributed by atoms with Crippen LogP contribution in [0.3, 0.4) is 0 Å². The van der Waals surface area contributed by atoms with Gasteiger partial charge in [0.05, 0.1) is 5.75 Å². The summed E-state index contributed by atoms with van der Waals surface area (Å²) in [4.78, 5) is 15.3. The lowest BCUT2D eigenvalue weighted by atomic mass is 9.92. The second-order valence-electron chi connectivity index (χ2n) is 5.20. The number of rotatable bonds is 4. The maximum Gasteiger partial charge on any atom is 0.232 e. The summed E-state index contributed by atoms with van der Waals surface area (Å²) in [5.74, 6) is 1.22. The molecule has 2 N–H and O–H groups in total. The topological polar surface area (TPSA) is 46.3 Å². The van der Waals surface area contributed by atoms with Crippen LogP contribution in [0.25, 0.3) is 0 Å². The molecule has 4 heteroatoms. The fourth-order valence-electron chi connectivity index (χ4n) is 2.42. The Kier molecular flexibility index (Phi) is 5.28. The summed E-state index contributed by atoms with van der Waals surface area (Å²) in [5.41, 5.74) is 5.95. The third-order valence-corrected chi connectivity index (χ3v) is 4.66. The summed E-state index contributed by atoms with van der Waals surface area (Å²) in [6.07, 6.45) is 2.22. The van der Waals surface area contributed by atoms with E-state index in [-0.39, 0.29) is 11.9 Å². The van der Waals surface area contributed by atoms with Crippen molar-refractivity contribution >= 4 is 17.7 Å². The molecule has 2 atom stereocenters. The Morgan fingerprint density at radius 2 is 2.21 bits per heavy atom. The minimum Gasteiger partial charge on any atom is -0.342 e. The molecular formula is C15H22N2OS. The van der Waals surface area contributed by atoms with E-state index in [0.717, 1.165) is 30.8 Å². The maximum atomic E-state index is 12.2. The van der Waals surface area contributed by atoms with E-state index in [1.807, 2.05) is 42.2 Å². The zero-order chi connectivity index (χ0) is 13.7. The van der Waals surface area contributed by atoms with Gasteiger partial charge < -0.3 is 10.6 Å². The highest BCUT2D eigenvalue weighted by atomic mass is 32.2. The van der Waals surface area contributed by atoms with Crippen LogP contribution in [0.2, 0.25) is 0 Å². The fourth-order valence-corrected chi connectivity index (χ4v) is 3.24. The largest absolute Gasteiger partial charge is 0.342 e. The van der Waals surface area contributed by atoms with Crippen molar-refractivity contribution in [3.05, 3.63) is 30.3 Å². The van der Waals surface area contributed by atoms with Crippen LogP contribution >= 0.6 is 11.8 Å². The van der Waals surface area contributed by atoms with Gasteiger partial charge in [0, 0.05) is 24.0 Å². The first-order valence-electron chi connectivity index (χ1n) is 6.88. The van der Waals surface area contributed by atoms with Crippen molar-refractivity contribution in [2.45, 2.75) is 30.7 Å². The molecular weight excluding hydrogens is 256 g/mol. The second-order valence-corrected chi connectivity index (χ2v) is 6.25. The van der Waals surface area contributed by atoms with E-state index in [1.165, 1.54) is 0 Å². The summed E-state index contributed by atoms with van der Waals surface area (Å²) in [6.45, 7) is 3.75. The van der Waals surface area contributed by atoms with E-state index in [1.54, 1.807) is 11.8 Å². The normalized spacial score (nSPS) is 21.2. The molecule has 19 heavy (non-hydrogen) atoms. The third-order valence-electron chi connectivity index (χ3n) is 3.66. The van der Waals surface area contributed by atoms with Crippen LogP contribution < -0.4 is 5.73 Å². The number of piperidine rings is 1. The van der Waals surface area contributed by atoms with E-state index in [2.05, 4.69) is 0 Å². The van der Waals surface area contributed by atoms with Crippen molar-refractivity contribution < 1.29 is 4.79 Å². The van der Waals surface area contributed by atoms with E-state index in [9.17, 15) is 4.79 Å². The van der Waals surface area contributed by atoms with Crippen molar-refractivity contribution in [1.82, 2.24) is 4.90 Å². The Hall–Kier alpha value is -1.00. The molecule has 1 fully saturated rings. The number of benzene rings is 1. The SMILES string of the molecule is CC(N)C1CCCN(C(=O)CSc2ccccc2)C1. The van der Waals surface area contributed by atoms with Crippen molar-refractivity contribution in [2.24, 2.45) is 11.7 Å². The first kappa shape index (κ1) is 14.4. The molecule has 0 aromatic heterocycles. The van der Waals surface area contributed by atoms with Gasteiger partial charge >= 0.3 is 0 Å². The van der Waals surface area contributed by atoms with Gasteiger partial charge in [0.15, 0.2) is 0 Å². The van der Waals surface area contributed by atoms with Gasteiger partial charge in [0.2, 0.25) is 5.91 Å². The van der Waals surface area contributed by atoms with E-state index in [0.29, 0.717) is 11.7 Å². The molecule has 0 spiro atoms. The summed E-state index contributed by atoms with van der Waals surface area (Å²) in [6, 6.07) is 10.2. The summed E-state index contributed by atoms with van der Waals surface area (Å²) in [5, 5.41) is 0. The minimum absolute atomic E-state index is 0.178. The Bertz CT molecular complexity index is 408. The number of hydrogen-bond acceptors (Lipinski definition) is 3. The molecule has 2 rings (SSSR count). The average Bonchev–Trinajstić information content (AvgIpc) is 2.46. The number of carbonyl (C=O) groups excluding carboxylic acids is 1. The monoisotopic (exact) mass is 278 g/mol. The second kappa shape index (κ2) is 6.96. The van der Waals surface area contributed by atoms with Gasteiger partial charge in [-0.25, -0.2) is 0 Å². The lowest BCUT2D eigenvalue weighted by Crippen LogP contribution is -2.45. The minimum atomic E-state index is 0.178. The van der Waals surface area contributed by atoms with Gasteiger partial charge in [-0.3, -0.25) is 4.79 Å². The number of likely N-dealkylation sites (tertiary alicyclic amines) is 1. The molecule has 0 saturated carbocycles. The number of amides is 1. The van der Waals surface area contributed by atoms with E-state index < -0.39 is 0 Å². The first-order chi connectivity index (χ1) is 9.16. The van der Waals surface area contributed by atoms with Gasteiger partial charge in [-0.1, -0.05) is 18.2 Å². The highest BCUT2D eigenvalue weighted by molar-refractivity contribution is 8.00. The fraction of sp³-hybridized carbons (Fsp3) is 0.533. The highest BCUT2D eigenvalue weighted by Gasteiger charge is 2.25. The van der Waals surface area contributed by atoms with Gasteiger partial charge in [-0.2, -0.15) is 0 Å². The smallest absolute Gasteiger partial charge is 0.232 e. The molecule has 104 valence electrons. The quantitative estimate of drug-likeness (QED) is 0.860. The van der Waals surface area contributed by atoms with Crippen molar-refractivity contribution in [3.8, 4) is 0 Å². The Morgan fingerprint density at radius 1 is 1.47 bits per heavy atom. The van der Waals surface area contributed by atoms with Crippen molar-refractivity contribution in [2.75, 3.05) is 18.8 Å². The zero-order valence-corrected chi connectivity index (χ0v) is 12.2. The first-order valence-corrected chi connectivity index (χ1v) is 7.86. The van der Waals surface area contributed by atoms with Crippen molar-refractivity contribution in [1.29, 1.82) is 0 Å². The molecule has 1 aliphatic rings. The molecule has 3 nitrogen and oxygen atoms in total. The van der Waals surface area contributed by atoms with Crippen LogP contribution in [0.5, 0.6) is 0 Å². The molecule has 1 saturated heterocycles. The van der Waals surface area contributed by atoms with Gasteiger partial charge in [0.1, 0.15) is 0 Å². The lowest BCUT2D eigenvalue weighted by Gasteiger charge is -2.34. The summed E-state index contributed by atoms with van der Waals surface area (Å²) >= 11 is 1.61. The molecule has 2 unspecified atom stereocenters. The number of nitrogens with two attached hydrogens (primary N) is 1. The average molecular weight is 278 g/mol. The Labute approximate surface area is 119 Å². The van der Waals surface area contributed by atoms with Crippen molar-refractivity contribution in [3.63, 3.8) is 0 Å². The van der Waals surface area contributed by atoms with Crippen LogP contribution in [-0.2, 0) is 4.79 Å². The standard InChI is InChI=1S/C15H22N2OS/c1-12(16)13-6-5-9-17(10-13)15(18)11-19-14-7-3-2-4-8-14/h2-4,7-8,12-13H,5-6,9-11,16H2,1H3. The van der Waals surface area contributed by atoms with E-state index >= 15 is 0 Å². The van der Waals surface area contributed by atoms with Crippen LogP contribution in [0, 0.1) is 5.92 Å². The molecule has 0 bridgehead atoms. The third kappa shape index (κ3) is 4.25. The molecule has 1 aromatic rings. The van der Waals surface area contributed by atoms with Crippen LogP contribution in [-0.4, -0.2) is 35.7 Å². The molecule has 1 aromatic carbocycles. The zero-order valence-electron chi connectivity index (χ0n) is 11.4. The molecule has 0 aliphatic carbocycles. The predicted octanol–water partition coefficient (Wildman–Crippen LogP) is 2.36. The summed E-state index contributed by atoms with van der Waals surface area (Å²) < 4.78 is 0. The van der Waals surface area contributed by atoms with Gasteiger partial charge in [-0.05, 0) is 37.8 Å². The summed E-state index contributed by atoms with van der Waals surface area (Å²) in [7, 11) is 0. The predicted molar refractivity (Wildman–Crippen MR) is 80.1 cm³/mol. The number of nitrogens with zero attached hydrogens (tertiary/aromatic N) is 1. The maximum absolute atomic E-state index is 12.2. The van der Waals surface area contributed by atoms with Gasteiger partial charge in [-0.15, -0.1) is 11.8 Å². The molecule has 1 heterocycles. The Morgan fingerprint density at radius 3 is 2.89 bits per heavy atom. The molecule has 1 aliphatic heterocycles. The van der Waals surface area contributed by atoms with Gasteiger partial charge in [0.25, 0.3) is 0 Å². The van der Waals surface area contributed by atoms with Crippen LogP contribution in [0.15, 0.2) is 35.2 Å². The number of thioether (sulfide) groups is 1.